The molecule has 0 spiro atoms. The molecule has 0 bridgehead atoms. The molecule has 92 valence electrons. The molecule has 0 aromatic heterocycles. The van der Waals surface area contributed by atoms with E-state index in [-0.39, 0.29) is 12.4 Å². The number of halogens is 1. The van der Waals surface area contributed by atoms with Crippen molar-refractivity contribution in [3.8, 4) is 0 Å². The van der Waals surface area contributed by atoms with Crippen molar-refractivity contribution in [2.75, 3.05) is 17.8 Å². The predicted molar refractivity (Wildman–Crippen MR) is 79.7 cm³/mol. The van der Waals surface area contributed by atoms with Crippen LogP contribution in [0.25, 0.3) is 0 Å². The largest absolute Gasteiger partial charge is 0.265 e. The fourth-order valence-electron chi connectivity index (χ4n) is 1.77. The van der Waals surface area contributed by atoms with Gasteiger partial charge in [0.1, 0.15) is 0 Å². The highest BCUT2D eigenvalue weighted by Crippen LogP contribution is 2.25. The fourth-order valence-corrected chi connectivity index (χ4v) is 2.23. The van der Waals surface area contributed by atoms with Gasteiger partial charge in [0, 0.05) is 30.0 Å². The highest BCUT2D eigenvalue weighted by Gasteiger charge is 2.14. The molecule has 17 heavy (non-hydrogen) atoms. The van der Waals surface area contributed by atoms with E-state index in [4.69, 9.17) is 0 Å². The molecule has 1 heterocycles. The molecule has 0 fully saturated rings. The van der Waals surface area contributed by atoms with Gasteiger partial charge in [-0.3, -0.25) is 5.01 Å². The van der Waals surface area contributed by atoms with Crippen LogP contribution in [0.2, 0.25) is 0 Å². The first-order chi connectivity index (χ1) is 7.83. The Hall–Kier alpha value is -0.930. The van der Waals surface area contributed by atoms with Crippen LogP contribution in [0.5, 0.6) is 0 Å². The van der Waals surface area contributed by atoms with Crippen molar-refractivity contribution in [2.45, 2.75) is 17.7 Å². The summed E-state index contributed by atoms with van der Waals surface area (Å²) in [6.45, 7) is 4.73. The van der Waals surface area contributed by atoms with Gasteiger partial charge in [-0.15, -0.1) is 30.7 Å². The molecule has 4 heteroatoms. The van der Waals surface area contributed by atoms with E-state index in [1.54, 1.807) is 11.8 Å². The van der Waals surface area contributed by atoms with Crippen molar-refractivity contribution in [2.24, 2.45) is 5.10 Å². The molecule has 0 saturated heterocycles. The summed E-state index contributed by atoms with van der Waals surface area (Å²) in [6.07, 6.45) is 5.96. The summed E-state index contributed by atoms with van der Waals surface area (Å²) in [6, 6.07) is 8.51. The Kier molecular flexibility index (Phi) is 5.59. The van der Waals surface area contributed by atoms with Crippen LogP contribution in [0.1, 0.15) is 12.8 Å². The first kappa shape index (κ1) is 14.1. The van der Waals surface area contributed by atoms with E-state index in [1.165, 1.54) is 16.3 Å². The van der Waals surface area contributed by atoms with E-state index in [9.17, 15) is 0 Å². The van der Waals surface area contributed by atoms with E-state index in [1.807, 2.05) is 6.08 Å². The van der Waals surface area contributed by atoms with Crippen molar-refractivity contribution in [1.29, 1.82) is 0 Å². The van der Waals surface area contributed by atoms with Crippen molar-refractivity contribution >= 4 is 35.6 Å². The topological polar surface area (TPSA) is 15.6 Å². The zero-order valence-corrected chi connectivity index (χ0v) is 11.6. The smallest absolute Gasteiger partial charge is 0.0605 e. The third-order valence-electron chi connectivity index (χ3n) is 2.61. The highest BCUT2D eigenvalue weighted by molar-refractivity contribution is 7.98. The zero-order valence-electron chi connectivity index (χ0n) is 9.93. The van der Waals surface area contributed by atoms with Gasteiger partial charge in [-0.05, 0) is 24.5 Å². The molecule has 1 aliphatic rings. The van der Waals surface area contributed by atoms with E-state index in [2.05, 4.69) is 47.2 Å². The SMILES string of the molecule is C=CCC1=NN(c2cccc(SC)c2)CC1.Cl. The summed E-state index contributed by atoms with van der Waals surface area (Å²) >= 11 is 1.76. The number of benzene rings is 1. The number of rotatable bonds is 4. The Labute approximate surface area is 113 Å². The Morgan fingerprint density at radius 2 is 2.35 bits per heavy atom. The molecule has 0 saturated carbocycles. The number of anilines is 1. The monoisotopic (exact) mass is 268 g/mol. The number of allylic oxidation sites excluding steroid dienone is 1. The number of thioether (sulfide) groups is 1. The first-order valence-corrected chi connectivity index (χ1v) is 6.65. The normalized spacial score (nSPS) is 14.2. The van der Waals surface area contributed by atoms with Gasteiger partial charge in [-0.2, -0.15) is 5.10 Å². The summed E-state index contributed by atoms with van der Waals surface area (Å²) in [5.41, 5.74) is 2.41. The Morgan fingerprint density at radius 3 is 3.06 bits per heavy atom. The Bertz CT molecular complexity index is 418. The van der Waals surface area contributed by atoms with Crippen LogP contribution in [0.3, 0.4) is 0 Å². The average Bonchev–Trinajstić information content (AvgIpc) is 2.78. The van der Waals surface area contributed by atoms with Gasteiger partial charge >= 0.3 is 0 Å². The molecule has 1 aromatic rings. The second kappa shape index (κ2) is 6.72. The maximum Gasteiger partial charge on any atom is 0.0605 e. The zero-order chi connectivity index (χ0) is 11.4. The number of hydrogen-bond donors (Lipinski definition) is 0. The minimum atomic E-state index is 0. The van der Waals surface area contributed by atoms with Gasteiger partial charge in [0.2, 0.25) is 0 Å². The lowest BCUT2D eigenvalue weighted by Crippen LogP contribution is -2.11. The number of nitrogens with zero attached hydrogens (tertiary/aromatic N) is 2. The van der Waals surface area contributed by atoms with Crippen LogP contribution in [0.15, 0.2) is 46.9 Å². The second-order valence-electron chi connectivity index (χ2n) is 3.73. The van der Waals surface area contributed by atoms with Gasteiger partial charge in [0.05, 0.1) is 5.69 Å². The Morgan fingerprint density at radius 1 is 1.53 bits per heavy atom. The third kappa shape index (κ3) is 3.51. The van der Waals surface area contributed by atoms with Crippen molar-refractivity contribution in [3.05, 3.63) is 36.9 Å². The van der Waals surface area contributed by atoms with Crippen molar-refractivity contribution in [3.63, 3.8) is 0 Å². The molecule has 0 N–H and O–H groups in total. The van der Waals surface area contributed by atoms with E-state index < -0.39 is 0 Å². The molecule has 2 nitrogen and oxygen atoms in total. The van der Waals surface area contributed by atoms with Crippen LogP contribution >= 0.6 is 24.2 Å². The lowest BCUT2D eigenvalue weighted by Gasteiger charge is -2.14. The molecule has 1 aromatic carbocycles. The maximum atomic E-state index is 4.59. The van der Waals surface area contributed by atoms with E-state index in [0.717, 1.165) is 19.4 Å². The second-order valence-corrected chi connectivity index (χ2v) is 4.61. The van der Waals surface area contributed by atoms with Crippen molar-refractivity contribution in [1.82, 2.24) is 0 Å². The summed E-state index contributed by atoms with van der Waals surface area (Å²) < 4.78 is 0. The lowest BCUT2D eigenvalue weighted by atomic mass is 10.2. The summed E-state index contributed by atoms with van der Waals surface area (Å²) in [7, 11) is 0. The van der Waals surface area contributed by atoms with Crippen LogP contribution in [-0.2, 0) is 0 Å². The van der Waals surface area contributed by atoms with E-state index >= 15 is 0 Å². The molecule has 2 rings (SSSR count). The summed E-state index contributed by atoms with van der Waals surface area (Å²) in [4.78, 5) is 1.28. The van der Waals surface area contributed by atoms with Crippen LogP contribution in [-0.4, -0.2) is 18.5 Å². The minimum absolute atomic E-state index is 0. The average molecular weight is 269 g/mol. The lowest BCUT2D eigenvalue weighted by molar-refractivity contribution is 0.919. The van der Waals surface area contributed by atoms with Gasteiger partial charge in [-0.1, -0.05) is 12.1 Å². The molecule has 0 unspecified atom stereocenters. The van der Waals surface area contributed by atoms with Gasteiger partial charge in [0.15, 0.2) is 0 Å². The van der Waals surface area contributed by atoms with Crippen LogP contribution in [0.4, 0.5) is 5.69 Å². The molecule has 0 radical (unpaired) electrons. The number of hydrazone groups is 1. The van der Waals surface area contributed by atoms with Crippen LogP contribution < -0.4 is 5.01 Å². The predicted octanol–water partition coefficient (Wildman–Crippen LogP) is 3.97. The maximum absolute atomic E-state index is 4.59. The minimum Gasteiger partial charge on any atom is -0.265 e. The number of hydrogen-bond acceptors (Lipinski definition) is 3. The third-order valence-corrected chi connectivity index (χ3v) is 3.33. The first-order valence-electron chi connectivity index (χ1n) is 5.42. The van der Waals surface area contributed by atoms with Gasteiger partial charge < -0.3 is 0 Å². The summed E-state index contributed by atoms with van der Waals surface area (Å²) in [5.74, 6) is 0. The molecule has 0 aliphatic carbocycles. The molecular formula is C13H17ClN2S. The van der Waals surface area contributed by atoms with Crippen molar-refractivity contribution < 1.29 is 0 Å². The molecule has 0 atom stereocenters. The molecule has 0 amide bonds. The molecule has 1 aliphatic heterocycles. The molecular weight excluding hydrogens is 252 g/mol. The quantitative estimate of drug-likeness (QED) is 0.607. The fraction of sp³-hybridized carbons (Fsp3) is 0.308. The summed E-state index contributed by atoms with van der Waals surface area (Å²) in [5, 5.41) is 6.67. The van der Waals surface area contributed by atoms with E-state index in [0.29, 0.717) is 0 Å². The standard InChI is InChI=1S/C13H16N2S.ClH/c1-3-5-11-8-9-15(14-11)12-6-4-7-13(10-12)16-2;/h3-4,6-7,10H,1,5,8-9H2,2H3;1H. The van der Waals surface area contributed by atoms with Crippen LogP contribution in [0, 0.1) is 0 Å². The van der Waals surface area contributed by atoms with Gasteiger partial charge in [-0.25, -0.2) is 0 Å². The Balaban J connectivity index is 0.00000144. The van der Waals surface area contributed by atoms with Gasteiger partial charge in [0.25, 0.3) is 0 Å². The highest BCUT2D eigenvalue weighted by atomic mass is 35.5.